The number of aromatic nitrogens is 3. The van der Waals surface area contributed by atoms with Crippen molar-refractivity contribution in [3.63, 3.8) is 0 Å². The predicted molar refractivity (Wildman–Crippen MR) is 103 cm³/mol. The van der Waals surface area contributed by atoms with Crippen molar-refractivity contribution < 1.29 is 4.39 Å². The second kappa shape index (κ2) is 6.38. The number of pyridine rings is 1. The van der Waals surface area contributed by atoms with Crippen molar-refractivity contribution in [2.45, 2.75) is 6.92 Å². The fourth-order valence-electron chi connectivity index (χ4n) is 3.18. The van der Waals surface area contributed by atoms with Crippen molar-refractivity contribution >= 4 is 28.5 Å². The van der Waals surface area contributed by atoms with Crippen molar-refractivity contribution in [2.24, 2.45) is 0 Å². The third-order valence-electron chi connectivity index (χ3n) is 4.34. The molecule has 0 amide bonds. The van der Waals surface area contributed by atoms with Crippen LogP contribution in [0.15, 0.2) is 48.5 Å². The van der Waals surface area contributed by atoms with Crippen LogP contribution in [0.5, 0.6) is 0 Å². The van der Waals surface area contributed by atoms with E-state index in [1.165, 1.54) is 12.1 Å². The number of para-hydroxylation sites is 1. The van der Waals surface area contributed by atoms with Gasteiger partial charge in [0.2, 0.25) is 0 Å². The third kappa shape index (κ3) is 2.60. The van der Waals surface area contributed by atoms with Gasteiger partial charge in [-0.15, -0.1) is 0 Å². The Hall–Kier alpha value is -3.43. The largest absolute Gasteiger partial charge is 0.383 e. The van der Waals surface area contributed by atoms with Gasteiger partial charge in [-0.1, -0.05) is 35.9 Å². The summed E-state index contributed by atoms with van der Waals surface area (Å²) in [6.07, 6.45) is 0. The van der Waals surface area contributed by atoms with Gasteiger partial charge in [-0.25, -0.2) is 14.1 Å². The van der Waals surface area contributed by atoms with Gasteiger partial charge in [-0.05, 0) is 31.2 Å². The lowest BCUT2D eigenvalue weighted by molar-refractivity contribution is 0.631. The molecule has 0 aliphatic rings. The van der Waals surface area contributed by atoms with E-state index < -0.39 is 5.82 Å². The van der Waals surface area contributed by atoms with E-state index in [0.29, 0.717) is 22.3 Å². The molecule has 132 valence electrons. The van der Waals surface area contributed by atoms with Gasteiger partial charge in [0.1, 0.15) is 23.3 Å². The maximum atomic E-state index is 14.7. The number of nitriles is 1. The van der Waals surface area contributed by atoms with Gasteiger partial charge in [-0.3, -0.25) is 0 Å². The van der Waals surface area contributed by atoms with Crippen LogP contribution in [-0.4, -0.2) is 14.8 Å². The number of benzene rings is 2. The lowest BCUT2D eigenvalue weighted by Crippen LogP contribution is -2.03. The highest BCUT2D eigenvalue weighted by molar-refractivity contribution is 6.34. The minimum Gasteiger partial charge on any atom is -0.383 e. The molecule has 27 heavy (non-hydrogen) atoms. The van der Waals surface area contributed by atoms with Crippen molar-refractivity contribution in [2.75, 3.05) is 5.73 Å². The second-order valence-corrected chi connectivity index (χ2v) is 6.39. The number of rotatable bonds is 2. The lowest BCUT2D eigenvalue weighted by atomic mass is 9.96. The molecule has 0 saturated carbocycles. The summed E-state index contributed by atoms with van der Waals surface area (Å²) in [5, 5.41) is 14.9. The Kier molecular flexibility index (Phi) is 4.02. The number of fused-ring (bicyclic) bond motifs is 1. The third-order valence-corrected chi connectivity index (χ3v) is 4.66. The van der Waals surface area contributed by atoms with Gasteiger partial charge >= 0.3 is 0 Å². The van der Waals surface area contributed by atoms with Gasteiger partial charge in [0.05, 0.1) is 21.8 Å². The monoisotopic (exact) mass is 377 g/mol. The molecule has 0 aliphatic carbocycles. The molecule has 0 saturated heterocycles. The first-order valence-corrected chi connectivity index (χ1v) is 8.49. The van der Waals surface area contributed by atoms with E-state index in [2.05, 4.69) is 10.1 Å². The molecule has 0 atom stereocenters. The van der Waals surface area contributed by atoms with E-state index in [9.17, 15) is 9.65 Å². The SMILES string of the molecule is Cc1nn(-c2ccccc2)c2nc(N)c(C#N)c(-c3c(F)cccc3Cl)c12. The fourth-order valence-corrected chi connectivity index (χ4v) is 3.44. The molecular weight excluding hydrogens is 365 g/mol. The first-order valence-electron chi connectivity index (χ1n) is 8.11. The zero-order valence-corrected chi connectivity index (χ0v) is 15.0. The second-order valence-electron chi connectivity index (χ2n) is 5.99. The number of aryl methyl sites for hydroxylation is 1. The molecule has 2 N–H and O–H groups in total. The number of hydrogen-bond donors (Lipinski definition) is 1. The Morgan fingerprint density at radius 3 is 2.52 bits per heavy atom. The quantitative estimate of drug-likeness (QED) is 0.551. The fraction of sp³-hybridized carbons (Fsp3) is 0.0500. The number of hydrogen-bond acceptors (Lipinski definition) is 4. The molecule has 0 aliphatic heterocycles. The van der Waals surface area contributed by atoms with E-state index in [1.54, 1.807) is 17.7 Å². The summed E-state index contributed by atoms with van der Waals surface area (Å²) in [5.41, 5.74) is 8.35. The van der Waals surface area contributed by atoms with E-state index in [4.69, 9.17) is 17.3 Å². The van der Waals surface area contributed by atoms with Crippen molar-refractivity contribution in [3.05, 3.63) is 70.6 Å². The smallest absolute Gasteiger partial charge is 0.166 e. The van der Waals surface area contributed by atoms with Gasteiger partial charge in [0, 0.05) is 11.1 Å². The predicted octanol–water partition coefficient (Wildman–Crippen LogP) is 4.64. The summed E-state index contributed by atoms with van der Waals surface area (Å²) in [6, 6.07) is 15.8. The summed E-state index contributed by atoms with van der Waals surface area (Å²) in [6.45, 7) is 1.78. The highest BCUT2D eigenvalue weighted by atomic mass is 35.5. The van der Waals surface area contributed by atoms with E-state index >= 15 is 0 Å². The molecular formula is C20H13ClFN5. The zero-order valence-electron chi connectivity index (χ0n) is 14.2. The molecule has 5 nitrogen and oxygen atoms in total. The molecule has 0 unspecified atom stereocenters. The normalized spacial score (nSPS) is 10.9. The van der Waals surface area contributed by atoms with E-state index in [1.807, 2.05) is 36.4 Å². The molecule has 0 fully saturated rings. The molecule has 0 spiro atoms. The average molecular weight is 378 g/mol. The Bertz CT molecular complexity index is 1200. The Balaban J connectivity index is 2.19. The molecule has 0 radical (unpaired) electrons. The Morgan fingerprint density at radius 1 is 1.11 bits per heavy atom. The minimum atomic E-state index is -0.544. The zero-order chi connectivity index (χ0) is 19.1. The lowest BCUT2D eigenvalue weighted by Gasteiger charge is -2.12. The van der Waals surface area contributed by atoms with Crippen LogP contribution >= 0.6 is 11.6 Å². The van der Waals surface area contributed by atoms with Crippen LogP contribution in [0.1, 0.15) is 11.3 Å². The Morgan fingerprint density at radius 2 is 1.85 bits per heavy atom. The standard InChI is InChI=1S/C20H13ClFN5/c1-11-16-17(18-14(21)8-5-9-15(18)22)13(10-23)19(24)25-20(16)27(26-11)12-6-3-2-4-7-12/h2-9H,1H3,(H2,24,25). The maximum Gasteiger partial charge on any atom is 0.166 e. The van der Waals surface area contributed by atoms with Crippen LogP contribution in [0.25, 0.3) is 27.8 Å². The average Bonchev–Trinajstić information content (AvgIpc) is 2.98. The van der Waals surface area contributed by atoms with Gasteiger partial charge < -0.3 is 5.73 Å². The summed E-state index contributed by atoms with van der Waals surface area (Å²) in [4.78, 5) is 4.38. The molecule has 2 heterocycles. The van der Waals surface area contributed by atoms with Crippen LogP contribution in [0.2, 0.25) is 5.02 Å². The van der Waals surface area contributed by atoms with Crippen molar-refractivity contribution in [1.29, 1.82) is 5.26 Å². The number of nitrogens with two attached hydrogens (primary N) is 1. The summed E-state index contributed by atoms with van der Waals surface area (Å²) in [7, 11) is 0. The van der Waals surface area contributed by atoms with Gasteiger partial charge in [0.15, 0.2) is 5.65 Å². The molecule has 4 aromatic rings. The van der Waals surface area contributed by atoms with Gasteiger partial charge in [-0.2, -0.15) is 10.4 Å². The maximum absolute atomic E-state index is 14.7. The number of halogens is 2. The molecule has 2 aromatic carbocycles. The Labute approximate surface area is 159 Å². The van der Waals surface area contributed by atoms with E-state index in [0.717, 1.165) is 5.69 Å². The number of nitrogen functional groups attached to an aromatic ring is 1. The summed E-state index contributed by atoms with van der Waals surface area (Å²) >= 11 is 6.28. The van der Waals surface area contributed by atoms with Crippen molar-refractivity contribution in [3.8, 4) is 22.9 Å². The van der Waals surface area contributed by atoms with Crippen LogP contribution in [-0.2, 0) is 0 Å². The van der Waals surface area contributed by atoms with Crippen LogP contribution in [0, 0.1) is 24.1 Å². The molecule has 4 rings (SSSR count). The number of nitrogens with zero attached hydrogens (tertiary/aromatic N) is 4. The molecule has 0 bridgehead atoms. The van der Waals surface area contributed by atoms with Crippen LogP contribution in [0.4, 0.5) is 10.2 Å². The van der Waals surface area contributed by atoms with E-state index in [-0.39, 0.29) is 22.0 Å². The summed E-state index contributed by atoms with van der Waals surface area (Å²) in [5.74, 6) is -0.547. The van der Waals surface area contributed by atoms with Crippen LogP contribution in [0.3, 0.4) is 0 Å². The topological polar surface area (TPSA) is 80.5 Å². The highest BCUT2D eigenvalue weighted by Gasteiger charge is 2.24. The number of anilines is 1. The first kappa shape index (κ1) is 17.0. The van der Waals surface area contributed by atoms with Crippen molar-refractivity contribution in [1.82, 2.24) is 14.8 Å². The minimum absolute atomic E-state index is 0.00333. The summed E-state index contributed by atoms with van der Waals surface area (Å²) < 4.78 is 16.3. The highest BCUT2D eigenvalue weighted by Crippen LogP contribution is 2.40. The van der Waals surface area contributed by atoms with Gasteiger partial charge in [0.25, 0.3) is 0 Å². The van der Waals surface area contributed by atoms with Crippen LogP contribution < -0.4 is 5.73 Å². The first-order chi connectivity index (χ1) is 13.0. The molecule has 2 aromatic heterocycles. The molecule has 7 heteroatoms.